The molecule has 1 aromatic rings. The zero-order valence-corrected chi connectivity index (χ0v) is 21.4. The van der Waals surface area contributed by atoms with Gasteiger partial charge in [-0.05, 0) is 73.6 Å². The number of hydrogen-bond donors (Lipinski definition) is 2. The normalized spacial score (nSPS) is 39.2. The van der Waals surface area contributed by atoms with Crippen LogP contribution in [0.2, 0.25) is 0 Å². The molecular weight excluding hydrogens is 474 g/mol. The van der Waals surface area contributed by atoms with Crippen LogP contribution in [0, 0.1) is 28.6 Å². The summed E-state index contributed by atoms with van der Waals surface area (Å²) in [7, 11) is 0. The van der Waals surface area contributed by atoms with E-state index < -0.39 is 23.2 Å². The van der Waals surface area contributed by atoms with Crippen molar-refractivity contribution >= 4 is 23.3 Å². The van der Waals surface area contributed by atoms with E-state index in [1.54, 1.807) is 24.3 Å². The highest BCUT2D eigenvalue weighted by molar-refractivity contribution is 5.92. The van der Waals surface area contributed by atoms with Crippen molar-refractivity contribution < 1.29 is 33.7 Å². The summed E-state index contributed by atoms with van der Waals surface area (Å²) < 4.78 is 16.9. The highest BCUT2D eigenvalue weighted by atomic mass is 16.7. The molecular formula is C29H33NO7. The average Bonchev–Trinajstić information content (AvgIpc) is 3.41. The lowest BCUT2D eigenvalue weighted by molar-refractivity contribution is -0.170. The van der Waals surface area contributed by atoms with Gasteiger partial charge < -0.3 is 19.3 Å². The first-order valence-corrected chi connectivity index (χ1v) is 13.1. The Morgan fingerprint density at radius 2 is 1.95 bits per heavy atom. The van der Waals surface area contributed by atoms with Crippen molar-refractivity contribution in [2.75, 3.05) is 12.1 Å². The van der Waals surface area contributed by atoms with Gasteiger partial charge in [-0.25, -0.2) is 4.79 Å². The van der Waals surface area contributed by atoms with E-state index in [1.165, 1.54) is 6.92 Å². The molecule has 37 heavy (non-hydrogen) atoms. The second kappa shape index (κ2) is 8.18. The number of aliphatic hydroxyl groups is 1. The first kappa shape index (κ1) is 24.2. The van der Waals surface area contributed by atoms with Gasteiger partial charge in [-0.1, -0.05) is 26.0 Å². The molecule has 7 atom stereocenters. The average molecular weight is 508 g/mol. The van der Waals surface area contributed by atoms with Crippen LogP contribution in [0.1, 0.15) is 52.9 Å². The zero-order valence-electron chi connectivity index (χ0n) is 21.4. The van der Waals surface area contributed by atoms with E-state index in [0.717, 1.165) is 12.0 Å². The smallest absolute Gasteiger partial charge is 0.411 e. The van der Waals surface area contributed by atoms with Crippen molar-refractivity contribution in [1.82, 2.24) is 0 Å². The summed E-state index contributed by atoms with van der Waals surface area (Å²) >= 11 is 0. The van der Waals surface area contributed by atoms with Gasteiger partial charge in [-0.3, -0.25) is 14.9 Å². The topological polar surface area (TPSA) is 111 Å². The predicted octanol–water partition coefficient (Wildman–Crippen LogP) is 4.57. The van der Waals surface area contributed by atoms with Gasteiger partial charge in [0, 0.05) is 29.5 Å². The van der Waals surface area contributed by atoms with Gasteiger partial charge in [0.05, 0.1) is 0 Å². The molecule has 6 rings (SSSR count). The summed E-state index contributed by atoms with van der Waals surface area (Å²) in [5.74, 6) is 1.03. The van der Waals surface area contributed by atoms with Crippen molar-refractivity contribution in [2.45, 2.75) is 64.6 Å². The molecule has 1 amide bonds. The maximum atomic E-state index is 13.2. The molecule has 0 saturated heterocycles. The first-order valence-electron chi connectivity index (χ1n) is 13.1. The van der Waals surface area contributed by atoms with E-state index in [-0.39, 0.29) is 41.5 Å². The minimum Gasteiger partial charge on any atom is -0.454 e. The molecule has 1 aromatic carbocycles. The number of anilines is 1. The van der Waals surface area contributed by atoms with E-state index >= 15 is 0 Å². The fraction of sp³-hybridized carbons (Fsp3) is 0.552. The van der Waals surface area contributed by atoms with Gasteiger partial charge >= 0.3 is 6.09 Å². The summed E-state index contributed by atoms with van der Waals surface area (Å²) in [5.41, 5.74) is -1.07. The summed E-state index contributed by atoms with van der Waals surface area (Å²) in [6.07, 6.45) is 7.34. The standard InChI is InChI=1S/C29H33NO7/c1-16(31)29(34)11-9-21-20-6-4-17-12-19(32)8-10-27(17,2)25(20)24(14-28(21,29)3)37-26(33)30-18-5-7-22-23(13-18)36-15-35-22/h4-7,12-13,20-21,24-25,34H,8-11,14-15H2,1-3H3,(H,30,33)/t20-,21-,24-,25-,27+,28-,29-/m0/s1. The van der Waals surface area contributed by atoms with Crippen LogP contribution in [0.5, 0.6) is 11.5 Å². The lowest BCUT2D eigenvalue weighted by Gasteiger charge is -2.59. The third-order valence-electron chi connectivity index (χ3n) is 10.0. The highest BCUT2D eigenvalue weighted by Crippen LogP contribution is 2.66. The van der Waals surface area contributed by atoms with Crippen molar-refractivity contribution in [3.63, 3.8) is 0 Å². The molecule has 5 aliphatic rings. The molecule has 0 spiro atoms. The Morgan fingerprint density at radius 1 is 1.16 bits per heavy atom. The number of nitrogens with one attached hydrogen (secondary N) is 1. The molecule has 0 unspecified atom stereocenters. The molecule has 2 N–H and O–H groups in total. The number of ketones is 2. The van der Waals surface area contributed by atoms with Crippen LogP contribution < -0.4 is 14.8 Å². The van der Waals surface area contributed by atoms with Gasteiger partial charge in [0.25, 0.3) is 0 Å². The Labute approximate surface area is 216 Å². The summed E-state index contributed by atoms with van der Waals surface area (Å²) in [4.78, 5) is 38.2. The molecule has 8 heteroatoms. The summed E-state index contributed by atoms with van der Waals surface area (Å²) in [6.45, 7) is 5.72. The van der Waals surface area contributed by atoms with E-state index in [4.69, 9.17) is 14.2 Å². The molecule has 0 radical (unpaired) electrons. The van der Waals surface area contributed by atoms with Crippen LogP contribution in [0.15, 0.2) is 42.0 Å². The van der Waals surface area contributed by atoms with Gasteiger partial charge in [0.1, 0.15) is 11.7 Å². The molecule has 196 valence electrons. The van der Waals surface area contributed by atoms with Crippen LogP contribution in [-0.4, -0.2) is 41.3 Å². The number of ether oxygens (including phenoxy) is 3. The number of fused-ring (bicyclic) bond motifs is 6. The van der Waals surface area contributed by atoms with Crippen LogP contribution in [0.3, 0.4) is 0 Å². The molecule has 4 aliphatic carbocycles. The molecule has 1 aliphatic heterocycles. The Bertz CT molecular complexity index is 1250. The number of benzene rings is 1. The van der Waals surface area contributed by atoms with E-state index in [1.807, 2.05) is 13.0 Å². The van der Waals surface area contributed by atoms with E-state index in [9.17, 15) is 19.5 Å². The number of rotatable bonds is 3. The Morgan fingerprint density at radius 3 is 2.73 bits per heavy atom. The van der Waals surface area contributed by atoms with E-state index in [2.05, 4.69) is 18.3 Å². The fourth-order valence-corrected chi connectivity index (χ4v) is 8.05. The van der Waals surface area contributed by atoms with Crippen LogP contribution >= 0.6 is 0 Å². The fourth-order valence-electron chi connectivity index (χ4n) is 8.05. The second-order valence-electron chi connectivity index (χ2n) is 11.8. The summed E-state index contributed by atoms with van der Waals surface area (Å²) in [5, 5.41) is 14.4. The zero-order chi connectivity index (χ0) is 26.2. The molecule has 8 nitrogen and oxygen atoms in total. The number of carbonyl (C=O) groups is 3. The monoisotopic (exact) mass is 507 g/mol. The van der Waals surface area contributed by atoms with Crippen molar-refractivity contribution in [1.29, 1.82) is 0 Å². The minimum atomic E-state index is -1.47. The predicted molar refractivity (Wildman–Crippen MR) is 134 cm³/mol. The largest absolute Gasteiger partial charge is 0.454 e. The molecule has 2 saturated carbocycles. The molecule has 2 fully saturated rings. The third kappa shape index (κ3) is 3.48. The van der Waals surface area contributed by atoms with Crippen molar-refractivity contribution in [2.24, 2.45) is 28.6 Å². The number of Topliss-reactive ketones (excluding diaryl/α,β-unsaturated/α-hetero) is 1. The van der Waals surface area contributed by atoms with Crippen LogP contribution in [-0.2, 0) is 14.3 Å². The quantitative estimate of drug-likeness (QED) is 0.616. The number of hydrogen-bond acceptors (Lipinski definition) is 7. The molecule has 0 bridgehead atoms. The Balaban J connectivity index is 1.35. The number of amides is 1. The SMILES string of the molecule is CC(=O)[C@@]1(O)CC[C@H]2[C@@H]3C=CC4=CC(=O)CC[C@@]4(C)[C@@H]3[C@@H](OC(=O)Nc3ccc4c(c3)OCO4)C[C@@]21C. The maximum Gasteiger partial charge on any atom is 0.411 e. The van der Waals surface area contributed by atoms with Gasteiger partial charge in [0.2, 0.25) is 6.79 Å². The maximum absolute atomic E-state index is 13.2. The van der Waals surface area contributed by atoms with Crippen LogP contribution in [0.25, 0.3) is 0 Å². The van der Waals surface area contributed by atoms with Crippen molar-refractivity contribution in [3.8, 4) is 11.5 Å². The first-order chi connectivity index (χ1) is 17.5. The number of allylic oxidation sites excluding steroid dienone is 4. The second-order valence-corrected chi connectivity index (χ2v) is 11.8. The Kier molecular flexibility index (Phi) is 5.36. The van der Waals surface area contributed by atoms with E-state index in [0.29, 0.717) is 42.9 Å². The molecule has 0 aromatic heterocycles. The highest BCUT2D eigenvalue weighted by Gasteiger charge is 2.68. The number of carbonyl (C=O) groups excluding carboxylic acids is 3. The molecule has 1 heterocycles. The van der Waals surface area contributed by atoms with Gasteiger partial charge in [-0.2, -0.15) is 0 Å². The van der Waals surface area contributed by atoms with Gasteiger partial charge in [0.15, 0.2) is 23.1 Å². The lowest BCUT2D eigenvalue weighted by Crippen LogP contribution is -2.61. The van der Waals surface area contributed by atoms with Crippen LogP contribution in [0.4, 0.5) is 10.5 Å². The van der Waals surface area contributed by atoms with Gasteiger partial charge in [-0.15, -0.1) is 0 Å². The van der Waals surface area contributed by atoms with Crippen molar-refractivity contribution in [3.05, 3.63) is 42.0 Å². The Hall–Kier alpha value is -3.13. The minimum absolute atomic E-state index is 0.00539. The lowest BCUT2D eigenvalue weighted by atomic mass is 9.47. The summed E-state index contributed by atoms with van der Waals surface area (Å²) in [6, 6.07) is 5.14. The third-order valence-corrected chi connectivity index (χ3v) is 10.0.